The number of nitrogens with zero attached hydrogens (tertiary/aromatic N) is 2. The Morgan fingerprint density at radius 1 is 1.25 bits per heavy atom. The van der Waals surface area contributed by atoms with Crippen LogP contribution in [0.4, 0.5) is 5.13 Å². The fraction of sp³-hybridized carbons (Fsp3) is 0.368. The molecule has 1 aromatic carbocycles. The van der Waals surface area contributed by atoms with E-state index in [1.807, 2.05) is 13.8 Å². The average molecular weight is 436 g/mol. The molecule has 0 unspecified atom stereocenters. The summed E-state index contributed by atoms with van der Waals surface area (Å²) >= 11 is 2.69. The molecule has 1 fully saturated rings. The van der Waals surface area contributed by atoms with Gasteiger partial charge in [0.1, 0.15) is 4.21 Å². The first-order valence-corrected chi connectivity index (χ1v) is 12.2. The molecule has 148 valence electrons. The molecule has 3 aromatic rings. The van der Waals surface area contributed by atoms with Crippen molar-refractivity contribution >= 4 is 54.0 Å². The van der Waals surface area contributed by atoms with Crippen molar-refractivity contribution in [2.24, 2.45) is 5.92 Å². The van der Waals surface area contributed by atoms with Crippen LogP contribution in [0.2, 0.25) is 0 Å². The summed E-state index contributed by atoms with van der Waals surface area (Å²) in [4.78, 5) is 17.2. The van der Waals surface area contributed by atoms with Crippen LogP contribution in [-0.2, 0) is 14.8 Å². The van der Waals surface area contributed by atoms with Crippen molar-refractivity contribution < 1.29 is 13.2 Å². The smallest absolute Gasteiger partial charge is 0.252 e. The fourth-order valence-corrected chi connectivity index (χ4v) is 7.19. The molecule has 1 N–H and O–H groups in total. The van der Waals surface area contributed by atoms with Gasteiger partial charge in [0, 0.05) is 19.0 Å². The summed E-state index contributed by atoms with van der Waals surface area (Å²) in [6.45, 7) is 4.78. The maximum atomic E-state index is 12.7. The summed E-state index contributed by atoms with van der Waals surface area (Å²) in [5, 5.41) is 5.29. The Kier molecular flexibility index (Phi) is 5.26. The maximum absolute atomic E-state index is 12.7. The lowest BCUT2D eigenvalue weighted by atomic mass is 9.97. The first kappa shape index (κ1) is 19.5. The normalized spacial score (nSPS) is 16.5. The van der Waals surface area contributed by atoms with Gasteiger partial charge in [-0.15, -0.1) is 11.3 Å². The predicted octanol–water partition coefficient (Wildman–Crippen LogP) is 4.01. The van der Waals surface area contributed by atoms with E-state index in [0.717, 1.165) is 15.8 Å². The number of hydrogen-bond donors (Lipinski definition) is 1. The number of carbonyl (C=O) groups excluding carboxylic acids is 1. The van der Waals surface area contributed by atoms with Crippen LogP contribution in [0.15, 0.2) is 33.9 Å². The molecule has 0 saturated carbocycles. The van der Waals surface area contributed by atoms with Crippen LogP contribution in [0.5, 0.6) is 0 Å². The Hall–Kier alpha value is -1.81. The molecular weight excluding hydrogens is 414 g/mol. The van der Waals surface area contributed by atoms with Crippen LogP contribution in [0.25, 0.3) is 10.2 Å². The summed E-state index contributed by atoms with van der Waals surface area (Å²) in [7, 11) is -3.44. The number of thiophene rings is 1. The topological polar surface area (TPSA) is 79.4 Å². The highest BCUT2D eigenvalue weighted by Gasteiger charge is 2.32. The van der Waals surface area contributed by atoms with Gasteiger partial charge in [0.25, 0.3) is 10.0 Å². The molecule has 2 aromatic heterocycles. The van der Waals surface area contributed by atoms with Crippen LogP contribution < -0.4 is 5.32 Å². The van der Waals surface area contributed by atoms with E-state index in [-0.39, 0.29) is 11.8 Å². The van der Waals surface area contributed by atoms with Crippen molar-refractivity contribution in [3.63, 3.8) is 0 Å². The van der Waals surface area contributed by atoms with Crippen LogP contribution >= 0.6 is 22.7 Å². The monoisotopic (exact) mass is 435 g/mol. The number of aryl methyl sites for hydroxylation is 2. The van der Waals surface area contributed by atoms with Gasteiger partial charge in [-0.05, 0) is 55.3 Å². The minimum atomic E-state index is -3.44. The van der Waals surface area contributed by atoms with E-state index in [4.69, 9.17) is 0 Å². The Bertz CT molecular complexity index is 1110. The third-order valence-electron chi connectivity index (χ3n) is 4.97. The molecule has 9 heteroatoms. The largest absolute Gasteiger partial charge is 0.302 e. The average Bonchev–Trinajstić information content (AvgIpc) is 3.32. The summed E-state index contributed by atoms with van der Waals surface area (Å²) in [6.07, 6.45) is 1.03. The van der Waals surface area contributed by atoms with Gasteiger partial charge in [0.05, 0.1) is 10.2 Å². The summed E-state index contributed by atoms with van der Waals surface area (Å²) < 4.78 is 28.1. The second-order valence-electron chi connectivity index (χ2n) is 7.05. The highest BCUT2D eigenvalue weighted by Crippen LogP contribution is 2.31. The molecular formula is C19H21N3O3S3. The molecule has 3 heterocycles. The zero-order valence-corrected chi connectivity index (χ0v) is 18.1. The lowest BCUT2D eigenvalue weighted by Gasteiger charge is -2.29. The van der Waals surface area contributed by atoms with Crippen molar-refractivity contribution in [1.82, 2.24) is 9.29 Å². The standard InChI is InChI=1S/C19H21N3O3S3/c1-12-10-13(2)17-15(11-12)27-19(20-17)21-18(23)14-5-7-22(8-6-14)28(24,25)16-4-3-9-26-16/h3-4,9-11,14H,5-8H2,1-2H3,(H,20,21,23). The highest BCUT2D eigenvalue weighted by atomic mass is 32.2. The van der Waals surface area contributed by atoms with Gasteiger partial charge in [0.2, 0.25) is 5.91 Å². The van der Waals surface area contributed by atoms with Gasteiger partial charge in [-0.3, -0.25) is 4.79 Å². The molecule has 1 amide bonds. The Morgan fingerprint density at radius 3 is 2.68 bits per heavy atom. The maximum Gasteiger partial charge on any atom is 0.252 e. The number of carbonyl (C=O) groups is 1. The number of anilines is 1. The fourth-order valence-electron chi connectivity index (χ4n) is 3.53. The van der Waals surface area contributed by atoms with Crippen molar-refractivity contribution in [3.05, 3.63) is 40.8 Å². The number of nitrogens with one attached hydrogen (secondary N) is 1. The number of hydrogen-bond acceptors (Lipinski definition) is 6. The first-order valence-electron chi connectivity index (χ1n) is 9.07. The van der Waals surface area contributed by atoms with E-state index >= 15 is 0 Å². The second-order valence-corrected chi connectivity index (χ2v) is 11.2. The minimum absolute atomic E-state index is 0.0818. The number of thiazole rings is 1. The van der Waals surface area contributed by atoms with Gasteiger partial charge in [-0.2, -0.15) is 4.31 Å². The number of benzene rings is 1. The van der Waals surface area contributed by atoms with E-state index in [1.54, 1.807) is 17.5 Å². The van der Waals surface area contributed by atoms with E-state index in [0.29, 0.717) is 35.3 Å². The van der Waals surface area contributed by atoms with E-state index in [9.17, 15) is 13.2 Å². The molecule has 0 spiro atoms. The molecule has 6 nitrogen and oxygen atoms in total. The van der Waals surface area contributed by atoms with Crippen LogP contribution in [0, 0.1) is 19.8 Å². The van der Waals surface area contributed by atoms with Crippen molar-refractivity contribution in [2.45, 2.75) is 30.9 Å². The lowest BCUT2D eigenvalue weighted by Crippen LogP contribution is -2.41. The third kappa shape index (κ3) is 3.71. The van der Waals surface area contributed by atoms with Gasteiger partial charge in [0.15, 0.2) is 5.13 Å². The predicted molar refractivity (Wildman–Crippen MR) is 114 cm³/mol. The summed E-state index contributed by atoms with van der Waals surface area (Å²) in [6, 6.07) is 7.51. The molecule has 4 rings (SSSR count). The third-order valence-corrected chi connectivity index (χ3v) is 9.16. The molecule has 1 aliphatic rings. The molecule has 0 radical (unpaired) electrons. The van der Waals surface area contributed by atoms with Gasteiger partial charge < -0.3 is 5.32 Å². The van der Waals surface area contributed by atoms with Crippen LogP contribution in [0.3, 0.4) is 0 Å². The van der Waals surface area contributed by atoms with E-state index in [2.05, 4.69) is 22.4 Å². The molecule has 0 atom stereocenters. The Balaban J connectivity index is 1.41. The highest BCUT2D eigenvalue weighted by molar-refractivity contribution is 7.91. The number of aromatic nitrogens is 1. The number of rotatable bonds is 4. The molecule has 28 heavy (non-hydrogen) atoms. The number of sulfonamides is 1. The molecule has 1 aliphatic heterocycles. The Morgan fingerprint density at radius 2 is 2.00 bits per heavy atom. The van der Waals surface area contributed by atoms with E-state index in [1.165, 1.54) is 32.5 Å². The zero-order valence-electron chi connectivity index (χ0n) is 15.6. The van der Waals surface area contributed by atoms with Crippen LogP contribution in [-0.4, -0.2) is 36.7 Å². The number of fused-ring (bicyclic) bond motifs is 1. The minimum Gasteiger partial charge on any atom is -0.302 e. The van der Waals surface area contributed by atoms with E-state index < -0.39 is 10.0 Å². The lowest BCUT2D eigenvalue weighted by molar-refractivity contribution is -0.120. The number of amides is 1. The van der Waals surface area contributed by atoms with Crippen molar-refractivity contribution in [2.75, 3.05) is 18.4 Å². The Labute approximate surface area is 172 Å². The second kappa shape index (κ2) is 7.55. The molecule has 1 saturated heterocycles. The van der Waals surface area contributed by atoms with Crippen LogP contribution in [0.1, 0.15) is 24.0 Å². The SMILES string of the molecule is Cc1cc(C)c2nc(NC(=O)C3CCN(S(=O)(=O)c4cccs4)CC3)sc2c1. The van der Waals surface area contributed by atoms with Crippen molar-refractivity contribution in [3.8, 4) is 0 Å². The molecule has 0 aliphatic carbocycles. The summed E-state index contributed by atoms with van der Waals surface area (Å²) in [5.74, 6) is -0.286. The van der Waals surface area contributed by atoms with Gasteiger partial charge >= 0.3 is 0 Å². The van der Waals surface area contributed by atoms with Gasteiger partial charge in [-0.25, -0.2) is 13.4 Å². The molecule has 0 bridgehead atoms. The number of piperidine rings is 1. The van der Waals surface area contributed by atoms with Crippen molar-refractivity contribution in [1.29, 1.82) is 0 Å². The first-order chi connectivity index (χ1) is 13.3. The zero-order chi connectivity index (χ0) is 19.9. The van der Waals surface area contributed by atoms with Gasteiger partial charge in [-0.1, -0.05) is 23.5 Å². The summed E-state index contributed by atoms with van der Waals surface area (Å²) in [5.41, 5.74) is 3.19. The quantitative estimate of drug-likeness (QED) is 0.671.